The minimum absolute atomic E-state index is 0.0819. The van der Waals surface area contributed by atoms with E-state index in [9.17, 15) is 9.90 Å². The second-order valence-corrected chi connectivity index (χ2v) is 5.63. The minimum Gasteiger partial charge on any atom is -0.390 e. The number of hydrogen-bond acceptors (Lipinski definition) is 2. The third-order valence-electron chi connectivity index (χ3n) is 3.65. The summed E-state index contributed by atoms with van der Waals surface area (Å²) >= 11 is 0. The number of nitrogens with zero attached hydrogens (tertiary/aromatic N) is 1. The second kappa shape index (κ2) is 5.61. The maximum absolute atomic E-state index is 12.1. The van der Waals surface area contributed by atoms with Crippen molar-refractivity contribution in [3.8, 4) is 0 Å². The Balaban J connectivity index is 1.94. The first-order chi connectivity index (χ1) is 8.96. The Kier molecular flexibility index (Phi) is 4.10. The number of anilines is 1. The minimum atomic E-state index is -0.640. The van der Waals surface area contributed by atoms with Crippen molar-refractivity contribution < 1.29 is 9.90 Å². The predicted molar refractivity (Wildman–Crippen MR) is 76.2 cm³/mol. The van der Waals surface area contributed by atoms with Gasteiger partial charge in [-0.2, -0.15) is 0 Å². The van der Waals surface area contributed by atoms with Crippen LogP contribution >= 0.6 is 0 Å². The smallest absolute Gasteiger partial charge is 0.321 e. The van der Waals surface area contributed by atoms with Crippen LogP contribution in [0.3, 0.4) is 0 Å². The normalized spacial score (nSPS) is 23.8. The van der Waals surface area contributed by atoms with E-state index >= 15 is 0 Å². The summed E-state index contributed by atoms with van der Waals surface area (Å²) in [7, 11) is 0. The summed E-state index contributed by atoms with van der Waals surface area (Å²) in [5.74, 6) is 0. The van der Waals surface area contributed by atoms with Gasteiger partial charge in [-0.1, -0.05) is 17.7 Å². The molecule has 4 heteroatoms. The van der Waals surface area contributed by atoms with Crippen molar-refractivity contribution in [2.24, 2.45) is 0 Å². The third kappa shape index (κ3) is 3.96. The number of aryl methyl sites for hydroxylation is 1. The zero-order valence-electron chi connectivity index (χ0n) is 11.6. The molecular weight excluding hydrogens is 240 g/mol. The van der Waals surface area contributed by atoms with Crippen LogP contribution in [0.5, 0.6) is 0 Å². The number of hydrogen-bond donors (Lipinski definition) is 2. The maximum Gasteiger partial charge on any atom is 0.321 e. The van der Waals surface area contributed by atoms with E-state index in [0.717, 1.165) is 18.5 Å². The molecule has 104 valence electrons. The first kappa shape index (κ1) is 13.9. The molecular formula is C15H22N2O2. The summed E-state index contributed by atoms with van der Waals surface area (Å²) in [6, 6.07) is 7.68. The zero-order valence-corrected chi connectivity index (χ0v) is 11.6. The lowest BCUT2D eigenvalue weighted by Gasteiger charge is -2.22. The molecule has 1 aliphatic heterocycles. The lowest BCUT2D eigenvalue weighted by molar-refractivity contribution is 0.0458. The molecule has 0 radical (unpaired) electrons. The monoisotopic (exact) mass is 262 g/mol. The first-order valence-electron chi connectivity index (χ1n) is 6.81. The van der Waals surface area contributed by atoms with E-state index < -0.39 is 5.60 Å². The maximum atomic E-state index is 12.1. The van der Waals surface area contributed by atoms with E-state index in [1.807, 2.05) is 38.1 Å². The number of nitrogens with one attached hydrogen (secondary N) is 1. The molecule has 1 aromatic carbocycles. The molecule has 0 saturated carbocycles. The quantitative estimate of drug-likeness (QED) is 0.817. The van der Waals surface area contributed by atoms with Gasteiger partial charge >= 0.3 is 6.03 Å². The van der Waals surface area contributed by atoms with Crippen LogP contribution in [-0.4, -0.2) is 34.7 Å². The SMILES string of the molecule is Cc1ccc(NC(=O)N2CCCC(C)(O)CC2)cc1. The van der Waals surface area contributed by atoms with Gasteiger partial charge in [0, 0.05) is 18.8 Å². The van der Waals surface area contributed by atoms with Crippen LogP contribution in [0, 0.1) is 6.92 Å². The Morgan fingerprint density at radius 3 is 2.63 bits per heavy atom. The van der Waals surface area contributed by atoms with Gasteiger partial charge in [-0.3, -0.25) is 0 Å². The number of aliphatic hydroxyl groups is 1. The van der Waals surface area contributed by atoms with Crippen LogP contribution in [0.15, 0.2) is 24.3 Å². The highest BCUT2D eigenvalue weighted by atomic mass is 16.3. The summed E-state index contributed by atoms with van der Waals surface area (Å²) in [6.45, 7) is 5.16. The number of likely N-dealkylation sites (tertiary alicyclic amines) is 1. The van der Waals surface area contributed by atoms with Crippen LogP contribution in [-0.2, 0) is 0 Å². The molecule has 0 aliphatic carbocycles. The molecule has 1 aromatic rings. The Bertz CT molecular complexity index is 440. The van der Waals surface area contributed by atoms with E-state index in [4.69, 9.17) is 0 Å². The van der Waals surface area contributed by atoms with Crippen molar-refractivity contribution in [2.75, 3.05) is 18.4 Å². The molecule has 19 heavy (non-hydrogen) atoms. The highest BCUT2D eigenvalue weighted by molar-refractivity contribution is 5.89. The van der Waals surface area contributed by atoms with Crippen LogP contribution in [0.4, 0.5) is 10.5 Å². The molecule has 4 nitrogen and oxygen atoms in total. The molecule has 1 aliphatic rings. The lowest BCUT2D eigenvalue weighted by Crippen LogP contribution is -2.36. The Morgan fingerprint density at radius 1 is 1.26 bits per heavy atom. The van der Waals surface area contributed by atoms with Crippen LogP contribution in [0.25, 0.3) is 0 Å². The zero-order chi connectivity index (χ0) is 13.9. The number of urea groups is 1. The Hall–Kier alpha value is -1.55. The predicted octanol–water partition coefficient (Wildman–Crippen LogP) is 2.76. The summed E-state index contributed by atoms with van der Waals surface area (Å²) in [5, 5.41) is 12.9. The Labute approximate surface area is 114 Å². The molecule has 0 spiro atoms. The molecule has 2 rings (SSSR count). The van der Waals surface area contributed by atoms with Gasteiger partial charge < -0.3 is 15.3 Å². The van der Waals surface area contributed by atoms with Crippen LogP contribution < -0.4 is 5.32 Å². The van der Waals surface area contributed by atoms with Gasteiger partial charge in [0.05, 0.1) is 5.60 Å². The molecule has 1 unspecified atom stereocenters. The van der Waals surface area contributed by atoms with E-state index in [-0.39, 0.29) is 6.03 Å². The summed E-state index contributed by atoms with van der Waals surface area (Å²) in [6.07, 6.45) is 2.23. The van der Waals surface area contributed by atoms with Gasteiger partial charge in [-0.15, -0.1) is 0 Å². The van der Waals surface area contributed by atoms with Crippen molar-refractivity contribution in [3.63, 3.8) is 0 Å². The van der Waals surface area contributed by atoms with Gasteiger partial charge in [0.1, 0.15) is 0 Å². The number of carbonyl (C=O) groups is 1. The molecule has 0 aromatic heterocycles. The first-order valence-corrected chi connectivity index (χ1v) is 6.81. The van der Waals surface area contributed by atoms with Gasteiger partial charge in [-0.05, 0) is 45.2 Å². The van der Waals surface area contributed by atoms with Crippen molar-refractivity contribution >= 4 is 11.7 Å². The van der Waals surface area contributed by atoms with Crippen LogP contribution in [0.2, 0.25) is 0 Å². The molecule has 0 bridgehead atoms. The molecule has 1 atom stereocenters. The third-order valence-corrected chi connectivity index (χ3v) is 3.65. The van der Waals surface area contributed by atoms with Gasteiger partial charge in [0.2, 0.25) is 0 Å². The number of amides is 2. The molecule has 2 N–H and O–H groups in total. The highest BCUT2D eigenvalue weighted by Gasteiger charge is 2.26. The average molecular weight is 262 g/mol. The van der Waals surface area contributed by atoms with E-state index in [2.05, 4.69) is 5.32 Å². The second-order valence-electron chi connectivity index (χ2n) is 5.63. The molecule has 2 amide bonds. The fourth-order valence-electron chi connectivity index (χ4n) is 2.31. The van der Waals surface area contributed by atoms with Crippen LogP contribution in [0.1, 0.15) is 31.7 Å². The van der Waals surface area contributed by atoms with E-state index in [1.54, 1.807) is 4.90 Å². The highest BCUT2D eigenvalue weighted by Crippen LogP contribution is 2.21. The number of benzene rings is 1. The number of carbonyl (C=O) groups excluding carboxylic acids is 1. The molecule has 1 heterocycles. The van der Waals surface area contributed by atoms with Crippen molar-refractivity contribution in [2.45, 2.75) is 38.7 Å². The fraction of sp³-hybridized carbons (Fsp3) is 0.533. The van der Waals surface area contributed by atoms with E-state index in [0.29, 0.717) is 19.5 Å². The topological polar surface area (TPSA) is 52.6 Å². The summed E-state index contributed by atoms with van der Waals surface area (Å²) < 4.78 is 0. The largest absolute Gasteiger partial charge is 0.390 e. The molecule has 1 saturated heterocycles. The van der Waals surface area contributed by atoms with Crippen molar-refractivity contribution in [1.82, 2.24) is 4.90 Å². The Morgan fingerprint density at radius 2 is 1.95 bits per heavy atom. The van der Waals surface area contributed by atoms with Crippen molar-refractivity contribution in [3.05, 3.63) is 29.8 Å². The summed E-state index contributed by atoms with van der Waals surface area (Å²) in [5.41, 5.74) is 1.34. The summed E-state index contributed by atoms with van der Waals surface area (Å²) in [4.78, 5) is 13.9. The molecule has 1 fully saturated rings. The van der Waals surface area contributed by atoms with Crippen molar-refractivity contribution in [1.29, 1.82) is 0 Å². The van der Waals surface area contributed by atoms with Gasteiger partial charge in [0.25, 0.3) is 0 Å². The van der Waals surface area contributed by atoms with Gasteiger partial charge in [0.15, 0.2) is 0 Å². The standard InChI is InChI=1S/C15H22N2O2/c1-12-4-6-13(7-5-12)16-14(18)17-10-3-8-15(2,19)9-11-17/h4-7,19H,3,8-11H2,1-2H3,(H,16,18). The fourth-order valence-corrected chi connectivity index (χ4v) is 2.31. The average Bonchev–Trinajstić information content (AvgIpc) is 2.53. The van der Waals surface area contributed by atoms with E-state index in [1.165, 1.54) is 5.56 Å². The number of rotatable bonds is 1. The van der Waals surface area contributed by atoms with Gasteiger partial charge in [-0.25, -0.2) is 4.79 Å². The lowest BCUT2D eigenvalue weighted by atomic mass is 9.98.